The second kappa shape index (κ2) is 13.7. The number of aromatic amines is 1. The van der Waals surface area contributed by atoms with E-state index in [9.17, 15) is 29.1 Å². The molecule has 0 amide bonds. The Kier molecular flexibility index (Phi) is 9.63. The van der Waals surface area contributed by atoms with Gasteiger partial charge in [0, 0.05) is 50.6 Å². The molecule has 0 bridgehead atoms. The molecule has 0 aliphatic rings. The van der Waals surface area contributed by atoms with Gasteiger partial charge in [0.15, 0.2) is 0 Å². The molecule has 3 N–H and O–H groups in total. The van der Waals surface area contributed by atoms with Gasteiger partial charge in [-0.25, -0.2) is 14.4 Å². The fraction of sp³-hybridized carbons (Fsp3) is 0.161. The third kappa shape index (κ3) is 7.91. The van der Waals surface area contributed by atoms with Gasteiger partial charge in [-0.2, -0.15) is 0 Å². The number of nitrogens with one attached hydrogen (secondary N) is 2. The second-order valence-electron chi connectivity index (χ2n) is 9.66. The van der Waals surface area contributed by atoms with Crippen LogP contribution in [0.2, 0.25) is 0 Å². The summed E-state index contributed by atoms with van der Waals surface area (Å²) in [5.41, 5.74) is 2.59. The zero-order valence-corrected chi connectivity index (χ0v) is 23.5. The van der Waals surface area contributed by atoms with Crippen LogP contribution in [0.4, 0.5) is 5.69 Å². The van der Waals surface area contributed by atoms with Crippen LogP contribution in [0.15, 0.2) is 117 Å². The summed E-state index contributed by atoms with van der Waals surface area (Å²) in [4.78, 5) is 63.7. The van der Waals surface area contributed by atoms with E-state index < -0.39 is 17.7 Å². The van der Waals surface area contributed by atoms with Crippen LogP contribution >= 0.6 is 0 Å². The summed E-state index contributed by atoms with van der Waals surface area (Å²) >= 11 is 0. The number of carbonyl (C=O) groups is 1. The molecule has 0 saturated heterocycles. The minimum atomic E-state index is -0.980. The molecule has 2 aromatic carbocycles. The standard InChI is InChI=1S/C26H24N4O4.C5H6N2O2/c1-29-24(31)12-13-30(26(29)34)17-19-7-5-6-18(14-19)15-23(25(32)33)28-21-10-11-22(27-16-21)20-8-3-2-4-9-20;1-7-4(8)2-3-6-5(7)9/h2-14,16,23,28H,15,17H2,1H3,(H,32,33);2-3H,1H3,(H,6,9). The van der Waals surface area contributed by atoms with Crippen molar-refractivity contribution in [2.45, 2.75) is 19.0 Å². The molecule has 0 fully saturated rings. The van der Waals surface area contributed by atoms with Gasteiger partial charge in [-0.05, 0) is 23.3 Å². The van der Waals surface area contributed by atoms with Gasteiger partial charge in [-0.1, -0.05) is 54.6 Å². The number of carboxylic acid groups (broad SMARTS) is 1. The highest BCUT2D eigenvalue weighted by Crippen LogP contribution is 2.19. The predicted octanol–water partition coefficient (Wildman–Crippen LogP) is 1.84. The summed E-state index contributed by atoms with van der Waals surface area (Å²) in [5.74, 6) is -0.980. The van der Waals surface area contributed by atoms with E-state index in [1.165, 1.54) is 43.2 Å². The zero-order valence-electron chi connectivity index (χ0n) is 23.5. The largest absolute Gasteiger partial charge is 0.480 e. The van der Waals surface area contributed by atoms with Gasteiger partial charge in [-0.15, -0.1) is 0 Å². The van der Waals surface area contributed by atoms with E-state index in [1.54, 1.807) is 6.20 Å². The van der Waals surface area contributed by atoms with Crippen LogP contribution in [0.1, 0.15) is 11.1 Å². The second-order valence-corrected chi connectivity index (χ2v) is 9.66. The van der Waals surface area contributed by atoms with E-state index in [0.29, 0.717) is 5.69 Å². The minimum Gasteiger partial charge on any atom is -0.480 e. The monoisotopic (exact) mass is 582 g/mol. The average molecular weight is 583 g/mol. The molecule has 1 atom stereocenters. The fourth-order valence-electron chi connectivity index (χ4n) is 4.18. The molecule has 3 aromatic heterocycles. The topological polar surface area (TPSA) is 161 Å². The number of nitrogens with zero attached hydrogens (tertiary/aromatic N) is 4. The van der Waals surface area contributed by atoms with Crippen LogP contribution in [0.5, 0.6) is 0 Å². The molecule has 3 heterocycles. The van der Waals surface area contributed by atoms with Crippen molar-refractivity contribution in [2.75, 3.05) is 5.32 Å². The van der Waals surface area contributed by atoms with Crippen LogP contribution in [0.25, 0.3) is 11.3 Å². The molecule has 12 nitrogen and oxygen atoms in total. The lowest BCUT2D eigenvalue weighted by Gasteiger charge is -2.17. The third-order valence-electron chi connectivity index (χ3n) is 6.58. The average Bonchev–Trinajstić information content (AvgIpc) is 3.01. The van der Waals surface area contributed by atoms with Crippen molar-refractivity contribution >= 4 is 11.7 Å². The van der Waals surface area contributed by atoms with Crippen LogP contribution in [0.3, 0.4) is 0 Å². The lowest BCUT2D eigenvalue weighted by atomic mass is 10.0. The highest BCUT2D eigenvalue weighted by atomic mass is 16.4. The quantitative estimate of drug-likeness (QED) is 0.250. The van der Waals surface area contributed by atoms with Crippen molar-refractivity contribution in [3.8, 4) is 11.3 Å². The molecular formula is C31H30N6O6. The lowest BCUT2D eigenvalue weighted by molar-refractivity contribution is -0.137. The molecule has 220 valence electrons. The smallest absolute Gasteiger partial charge is 0.331 e. The van der Waals surface area contributed by atoms with Crippen molar-refractivity contribution in [1.29, 1.82) is 0 Å². The number of H-pyrrole nitrogens is 1. The van der Waals surface area contributed by atoms with Gasteiger partial charge in [0.2, 0.25) is 0 Å². The number of pyridine rings is 1. The fourth-order valence-corrected chi connectivity index (χ4v) is 4.18. The Bertz CT molecular complexity index is 1910. The molecular weight excluding hydrogens is 552 g/mol. The first-order valence-corrected chi connectivity index (χ1v) is 13.2. The summed E-state index contributed by atoms with van der Waals surface area (Å²) in [6.07, 6.45) is 4.66. The van der Waals surface area contributed by atoms with E-state index in [4.69, 9.17) is 0 Å². The number of hydrogen-bond donors (Lipinski definition) is 3. The molecule has 43 heavy (non-hydrogen) atoms. The summed E-state index contributed by atoms with van der Waals surface area (Å²) < 4.78 is 3.48. The van der Waals surface area contributed by atoms with Crippen LogP contribution in [0, 0.1) is 0 Å². The molecule has 12 heteroatoms. The van der Waals surface area contributed by atoms with Crippen molar-refractivity contribution in [2.24, 2.45) is 14.1 Å². The minimum absolute atomic E-state index is 0.242. The van der Waals surface area contributed by atoms with Gasteiger partial charge < -0.3 is 15.4 Å². The van der Waals surface area contributed by atoms with E-state index in [1.807, 2.05) is 66.7 Å². The first-order valence-electron chi connectivity index (χ1n) is 13.2. The maximum absolute atomic E-state index is 12.3. The molecule has 0 saturated carbocycles. The van der Waals surface area contributed by atoms with Gasteiger partial charge >= 0.3 is 17.3 Å². The Morgan fingerprint density at radius 2 is 1.60 bits per heavy atom. The molecule has 0 aliphatic heterocycles. The number of aliphatic carboxylic acids is 1. The summed E-state index contributed by atoms with van der Waals surface area (Å²) in [7, 11) is 2.85. The lowest BCUT2D eigenvalue weighted by Crippen LogP contribution is -2.37. The van der Waals surface area contributed by atoms with Gasteiger partial charge in [0.25, 0.3) is 11.1 Å². The van der Waals surface area contributed by atoms with Gasteiger partial charge in [0.1, 0.15) is 6.04 Å². The van der Waals surface area contributed by atoms with Crippen molar-refractivity contribution in [3.05, 3.63) is 150 Å². The maximum Gasteiger partial charge on any atom is 0.331 e. The Balaban J connectivity index is 0.000000403. The van der Waals surface area contributed by atoms with Crippen LogP contribution in [-0.4, -0.2) is 40.8 Å². The zero-order chi connectivity index (χ0) is 30.9. The normalized spacial score (nSPS) is 11.2. The number of carboxylic acids is 1. The molecule has 5 rings (SSSR count). The molecule has 0 aliphatic carbocycles. The van der Waals surface area contributed by atoms with E-state index in [2.05, 4.69) is 15.3 Å². The van der Waals surface area contributed by atoms with Gasteiger partial charge in [0.05, 0.1) is 24.1 Å². The highest BCUT2D eigenvalue weighted by molar-refractivity contribution is 5.78. The number of benzene rings is 2. The highest BCUT2D eigenvalue weighted by Gasteiger charge is 2.18. The van der Waals surface area contributed by atoms with Crippen molar-refractivity contribution in [1.82, 2.24) is 23.7 Å². The van der Waals surface area contributed by atoms with Crippen molar-refractivity contribution < 1.29 is 9.90 Å². The summed E-state index contributed by atoms with van der Waals surface area (Å²) in [5, 5.41) is 12.8. The summed E-state index contributed by atoms with van der Waals surface area (Å²) in [6.45, 7) is 0.275. The van der Waals surface area contributed by atoms with Crippen LogP contribution < -0.4 is 27.8 Å². The molecule has 0 spiro atoms. The molecule has 5 aromatic rings. The van der Waals surface area contributed by atoms with E-state index in [-0.39, 0.29) is 29.8 Å². The number of rotatable bonds is 8. The van der Waals surface area contributed by atoms with Gasteiger partial charge in [-0.3, -0.25) is 28.3 Å². The first-order chi connectivity index (χ1) is 20.6. The van der Waals surface area contributed by atoms with E-state index >= 15 is 0 Å². The molecule has 0 radical (unpaired) electrons. The SMILES string of the molecule is Cn1c(=O)cc[nH]c1=O.Cn1c(=O)ccn(Cc2cccc(CC(Nc3ccc(-c4ccccc4)nc3)C(=O)O)c2)c1=O. The van der Waals surface area contributed by atoms with Crippen molar-refractivity contribution in [3.63, 3.8) is 0 Å². The Hall–Kier alpha value is -5.78. The van der Waals surface area contributed by atoms with E-state index in [0.717, 1.165) is 31.5 Å². The Labute approximate surface area is 245 Å². The predicted molar refractivity (Wildman–Crippen MR) is 162 cm³/mol. The number of aromatic nitrogens is 5. The Morgan fingerprint density at radius 3 is 2.26 bits per heavy atom. The Morgan fingerprint density at radius 1 is 0.884 bits per heavy atom. The first kappa shape index (κ1) is 30.2. The van der Waals surface area contributed by atoms with Crippen LogP contribution in [-0.2, 0) is 31.9 Å². The number of hydrogen-bond acceptors (Lipinski definition) is 7. The maximum atomic E-state index is 12.3. The molecule has 1 unspecified atom stereocenters. The summed E-state index contributed by atoms with van der Waals surface area (Å²) in [6, 6.07) is 22.6. The third-order valence-corrected chi connectivity index (χ3v) is 6.58. The number of anilines is 1.